The van der Waals surface area contributed by atoms with Gasteiger partial charge in [0, 0.05) is 19.6 Å². The Balaban J connectivity index is 1.99. The van der Waals surface area contributed by atoms with Crippen LogP contribution in [0.15, 0.2) is 6.20 Å². The molecule has 1 aromatic heterocycles. The van der Waals surface area contributed by atoms with E-state index in [1.165, 1.54) is 11.3 Å². The summed E-state index contributed by atoms with van der Waals surface area (Å²) in [6.07, 6.45) is 1.75. The zero-order valence-electron chi connectivity index (χ0n) is 10.1. The second kappa shape index (κ2) is 5.57. The number of aromatic nitrogens is 1. The molecule has 2 rings (SSSR count). The molecule has 0 radical (unpaired) electrons. The van der Waals surface area contributed by atoms with Gasteiger partial charge in [0.25, 0.3) is 5.91 Å². The van der Waals surface area contributed by atoms with Crippen molar-refractivity contribution in [1.82, 2.24) is 15.2 Å². The Kier molecular flexibility index (Phi) is 4.09. The van der Waals surface area contributed by atoms with E-state index in [1.807, 2.05) is 18.9 Å². The van der Waals surface area contributed by atoms with E-state index in [0.29, 0.717) is 24.6 Å². The molecule has 1 aliphatic heterocycles. The number of amides is 1. The minimum atomic E-state index is 0.0694. The highest BCUT2D eigenvalue weighted by atomic mass is 32.1. The van der Waals surface area contributed by atoms with Crippen molar-refractivity contribution in [3.63, 3.8) is 0 Å². The lowest BCUT2D eigenvalue weighted by atomic mass is 10.2. The van der Waals surface area contributed by atoms with Crippen LogP contribution in [0, 0.1) is 6.92 Å². The van der Waals surface area contributed by atoms with Gasteiger partial charge in [-0.25, -0.2) is 4.98 Å². The molecule has 0 spiro atoms. The van der Waals surface area contributed by atoms with Crippen molar-refractivity contribution in [2.75, 3.05) is 33.3 Å². The molecule has 1 unspecified atom stereocenters. The van der Waals surface area contributed by atoms with Gasteiger partial charge in [0.15, 0.2) is 0 Å². The standard InChI is InChI=1S/C11H17N3O2S/c1-8-13-6-10(17-8)11(15)14-3-4-16-9(7-14)5-12-2/h6,9,12H,3-5,7H2,1-2H3. The minimum Gasteiger partial charge on any atom is -0.373 e. The minimum absolute atomic E-state index is 0.0694. The van der Waals surface area contributed by atoms with Gasteiger partial charge in [-0.1, -0.05) is 0 Å². The molecular weight excluding hydrogens is 238 g/mol. The van der Waals surface area contributed by atoms with Gasteiger partial charge in [-0.2, -0.15) is 0 Å². The zero-order chi connectivity index (χ0) is 12.3. The number of nitrogens with zero attached hydrogens (tertiary/aromatic N) is 2. The average molecular weight is 255 g/mol. The Bertz CT molecular complexity index is 392. The van der Waals surface area contributed by atoms with E-state index in [0.717, 1.165) is 11.6 Å². The van der Waals surface area contributed by atoms with Crippen molar-refractivity contribution in [2.24, 2.45) is 0 Å². The number of ether oxygens (including phenoxy) is 1. The molecule has 1 saturated heterocycles. The van der Waals surface area contributed by atoms with Crippen LogP contribution >= 0.6 is 11.3 Å². The van der Waals surface area contributed by atoms with Crippen molar-refractivity contribution in [2.45, 2.75) is 13.0 Å². The van der Waals surface area contributed by atoms with Gasteiger partial charge in [0.05, 0.1) is 23.9 Å². The molecular formula is C11H17N3O2S. The number of carbonyl (C=O) groups excluding carboxylic acids is 1. The topological polar surface area (TPSA) is 54.5 Å². The Hall–Kier alpha value is -0.980. The highest BCUT2D eigenvalue weighted by Gasteiger charge is 2.25. The third-order valence-electron chi connectivity index (χ3n) is 2.69. The number of morpholine rings is 1. The largest absolute Gasteiger partial charge is 0.373 e. The van der Waals surface area contributed by atoms with Crippen molar-refractivity contribution >= 4 is 17.2 Å². The number of likely N-dealkylation sites (N-methyl/N-ethyl adjacent to an activating group) is 1. The van der Waals surface area contributed by atoms with Crippen molar-refractivity contribution in [3.8, 4) is 0 Å². The van der Waals surface area contributed by atoms with Crippen molar-refractivity contribution < 1.29 is 9.53 Å². The van der Waals surface area contributed by atoms with E-state index in [4.69, 9.17) is 4.74 Å². The van der Waals surface area contributed by atoms with Gasteiger partial charge in [0.1, 0.15) is 4.88 Å². The summed E-state index contributed by atoms with van der Waals surface area (Å²) in [4.78, 5) is 18.9. The maximum absolute atomic E-state index is 12.2. The maximum atomic E-state index is 12.2. The average Bonchev–Trinajstić information content (AvgIpc) is 2.76. The number of thiazole rings is 1. The lowest BCUT2D eigenvalue weighted by Gasteiger charge is -2.32. The zero-order valence-corrected chi connectivity index (χ0v) is 10.9. The molecule has 0 bridgehead atoms. The number of carbonyl (C=O) groups is 1. The SMILES string of the molecule is CNCC1CN(C(=O)c2cnc(C)s2)CCO1. The molecule has 1 aliphatic rings. The first-order chi connectivity index (χ1) is 8.20. The van der Waals surface area contributed by atoms with E-state index in [-0.39, 0.29) is 12.0 Å². The number of nitrogens with one attached hydrogen (secondary N) is 1. The monoisotopic (exact) mass is 255 g/mol. The van der Waals surface area contributed by atoms with Gasteiger partial charge < -0.3 is 15.0 Å². The second-order valence-electron chi connectivity index (χ2n) is 4.05. The summed E-state index contributed by atoms with van der Waals surface area (Å²) >= 11 is 1.45. The molecule has 1 N–H and O–H groups in total. The lowest BCUT2D eigenvalue weighted by Crippen LogP contribution is -2.48. The van der Waals surface area contributed by atoms with Crippen LogP contribution in [0.3, 0.4) is 0 Å². The van der Waals surface area contributed by atoms with E-state index in [2.05, 4.69) is 10.3 Å². The summed E-state index contributed by atoms with van der Waals surface area (Å²) in [5.74, 6) is 0.0694. The molecule has 0 aliphatic carbocycles. The molecule has 1 atom stereocenters. The van der Waals surface area contributed by atoms with Crippen LogP contribution in [-0.4, -0.2) is 55.2 Å². The summed E-state index contributed by atoms with van der Waals surface area (Å²) in [7, 11) is 1.89. The molecule has 17 heavy (non-hydrogen) atoms. The highest BCUT2D eigenvalue weighted by molar-refractivity contribution is 7.13. The third-order valence-corrected chi connectivity index (χ3v) is 3.59. The van der Waals surface area contributed by atoms with Gasteiger partial charge in [0.2, 0.25) is 0 Å². The fourth-order valence-corrected chi connectivity index (χ4v) is 2.62. The smallest absolute Gasteiger partial charge is 0.265 e. The van der Waals surface area contributed by atoms with E-state index in [9.17, 15) is 4.79 Å². The molecule has 94 valence electrons. The normalized spacial score (nSPS) is 20.6. The van der Waals surface area contributed by atoms with E-state index >= 15 is 0 Å². The Morgan fingerprint density at radius 3 is 3.24 bits per heavy atom. The number of hydrogen-bond donors (Lipinski definition) is 1. The summed E-state index contributed by atoms with van der Waals surface area (Å²) in [6, 6.07) is 0. The predicted molar refractivity (Wildman–Crippen MR) is 66.4 cm³/mol. The summed E-state index contributed by atoms with van der Waals surface area (Å²) in [5, 5.41) is 3.99. The molecule has 1 fully saturated rings. The van der Waals surface area contributed by atoms with Gasteiger partial charge in [-0.15, -0.1) is 11.3 Å². The van der Waals surface area contributed by atoms with Gasteiger partial charge in [-0.05, 0) is 14.0 Å². The highest BCUT2D eigenvalue weighted by Crippen LogP contribution is 2.16. The molecule has 0 saturated carbocycles. The second-order valence-corrected chi connectivity index (χ2v) is 5.28. The van der Waals surface area contributed by atoms with Crippen LogP contribution in [0.1, 0.15) is 14.7 Å². The van der Waals surface area contributed by atoms with Gasteiger partial charge in [-0.3, -0.25) is 4.79 Å². The fraction of sp³-hybridized carbons (Fsp3) is 0.636. The molecule has 5 nitrogen and oxygen atoms in total. The third kappa shape index (κ3) is 3.02. The molecule has 1 aromatic rings. The predicted octanol–water partition coefficient (Wildman–Crippen LogP) is 0.512. The summed E-state index contributed by atoms with van der Waals surface area (Å²) < 4.78 is 5.57. The van der Waals surface area contributed by atoms with Crippen molar-refractivity contribution in [1.29, 1.82) is 0 Å². The van der Waals surface area contributed by atoms with E-state index in [1.54, 1.807) is 6.20 Å². The Morgan fingerprint density at radius 2 is 2.59 bits per heavy atom. The quantitative estimate of drug-likeness (QED) is 0.855. The van der Waals surface area contributed by atoms with Crippen LogP contribution in [-0.2, 0) is 4.74 Å². The lowest BCUT2D eigenvalue weighted by molar-refractivity contribution is -0.0194. The van der Waals surface area contributed by atoms with Crippen LogP contribution in [0.4, 0.5) is 0 Å². The van der Waals surface area contributed by atoms with Crippen LogP contribution in [0.25, 0.3) is 0 Å². The Labute approximate surface area is 105 Å². The Morgan fingerprint density at radius 1 is 1.76 bits per heavy atom. The molecule has 2 heterocycles. The molecule has 0 aromatic carbocycles. The van der Waals surface area contributed by atoms with Gasteiger partial charge >= 0.3 is 0 Å². The maximum Gasteiger partial charge on any atom is 0.265 e. The molecule has 6 heteroatoms. The first-order valence-electron chi connectivity index (χ1n) is 5.68. The van der Waals surface area contributed by atoms with Crippen LogP contribution in [0.2, 0.25) is 0 Å². The summed E-state index contributed by atoms with van der Waals surface area (Å²) in [5.41, 5.74) is 0. The first kappa shape index (κ1) is 12.5. The molecule has 1 amide bonds. The summed E-state index contributed by atoms with van der Waals surface area (Å²) in [6.45, 7) is 4.60. The van der Waals surface area contributed by atoms with Crippen LogP contribution in [0.5, 0.6) is 0 Å². The van der Waals surface area contributed by atoms with Crippen LogP contribution < -0.4 is 5.32 Å². The number of hydrogen-bond acceptors (Lipinski definition) is 5. The number of aryl methyl sites for hydroxylation is 1. The van der Waals surface area contributed by atoms with Crippen molar-refractivity contribution in [3.05, 3.63) is 16.1 Å². The first-order valence-corrected chi connectivity index (χ1v) is 6.50. The fourth-order valence-electron chi connectivity index (χ4n) is 1.87. The number of rotatable bonds is 3. The van der Waals surface area contributed by atoms with E-state index < -0.39 is 0 Å².